The summed E-state index contributed by atoms with van der Waals surface area (Å²) in [7, 11) is 1.59. The van der Waals surface area contributed by atoms with Crippen molar-refractivity contribution >= 4 is 39.0 Å². The highest BCUT2D eigenvalue weighted by atomic mass is 79.9. The van der Waals surface area contributed by atoms with E-state index in [0.717, 1.165) is 10.2 Å². The average molecular weight is 336 g/mol. The van der Waals surface area contributed by atoms with E-state index in [2.05, 4.69) is 26.6 Å². The van der Waals surface area contributed by atoms with Crippen molar-refractivity contribution in [1.29, 1.82) is 0 Å². The molecule has 4 N–H and O–H groups in total. The number of amides is 2. The number of carbonyl (C=O) groups excluding carboxylic acids is 1. The second-order valence-electron chi connectivity index (χ2n) is 4.04. The number of urea groups is 1. The highest BCUT2D eigenvalue weighted by Gasteiger charge is 2.04. The van der Waals surface area contributed by atoms with Gasteiger partial charge in [0.2, 0.25) is 0 Å². The number of hydrogen-bond donors (Lipinski definition) is 3. The molecule has 0 saturated carbocycles. The lowest BCUT2D eigenvalue weighted by Crippen LogP contribution is -2.19. The lowest BCUT2D eigenvalue weighted by molar-refractivity contribution is 0.262. The molecule has 0 aliphatic rings. The van der Waals surface area contributed by atoms with Gasteiger partial charge in [0.25, 0.3) is 0 Å². The van der Waals surface area contributed by atoms with Crippen LogP contribution in [0.4, 0.5) is 21.9 Å². The topological polar surface area (TPSA) is 76.4 Å². The fourth-order valence-electron chi connectivity index (χ4n) is 1.59. The highest BCUT2D eigenvalue weighted by Crippen LogP contribution is 2.23. The van der Waals surface area contributed by atoms with Crippen LogP contribution in [0.2, 0.25) is 0 Å². The summed E-state index contributed by atoms with van der Waals surface area (Å²) in [6, 6.07) is 11.9. The number of hydrogen-bond acceptors (Lipinski definition) is 3. The number of nitrogens with one attached hydrogen (secondary N) is 2. The van der Waals surface area contributed by atoms with Gasteiger partial charge in [-0.3, -0.25) is 0 Å². The fourth-order valence-corrected chi connectivity index (χ4v) is 1.84. The van der Waals surface area contributed by atoms with Crippen LogP contribution in [0.1, 0.15) is 0 Å². The molecule has 0 aromatic heterocycles. The van der Waals surface area contributed by atoms with E-state index >= 15 is 0 Å². The Balaban J connectivity index is 1.99. The normalized spacial score (nSPS) is 9.90. The Morgan fingerprint density at radius 3 is 2.30 bits per heavy atom. The Kier molecular flexibility index (Phi) is 4.47. The number of methoxy groups -OCH3 is 1. The third-order valence-corrected chi connectivity index (χ3v) is 3.32. The quantitative estimate of drug-likeness (QED) is 0.748. The predicted octanol–water partition coefficient (Wildman–Crippen LogP) is 3.68. The van der Waals surface area contributed by atoms with Gasteiger partial charge in [-0.1, -0.05) is 0 Å². The molecule has 104 valence electrons. The van der Waals surface area contributed by atoms with Crippen LogP contribution in [0, 0.1) is 0 Å². The molecule has 0 heterocycles. The first-order valence-electron chi connectivity index (χ1n) is 5.85. The first kappa shape index (κ1) is 14.2. The molecule has 0 fully saturated rings. The van der Waals surface area contributed by atoms with Crippen molar-refractivity contribution in [3.63, 3.8) is 0 Å². The van der Waals surface area contributed by atoms with Gasteiger partial charge in [0, 0.05) is 21.5 Å². The molecule has 2 aromatic carbocycles. The molecule has 2 aromatic rings. The molecule has 0 unspecified atom stereocenters. The van der Waals surface area contributed by atoms with E-state index in [1.807, 2.05) is 0 Å². The van der Waals surface area contributed by atoms with E-state index in [-0.39, 0.29) is 6.03 Å². The van der Waals surface area contributed by atoms with E-state index in [9.17, 15) is 4.79 Å². The number of nitrogen functional groups attached to an aromatic ring is 1. The molecule has 20 heavy (non-hydrogen) atoms. The van der Waals surface area contributed by atoms with Gasteiger partial charge in [-0.2, -0.15) is 0 Å². The smallest absolute Gasteiger partial charge is 0.323 e. The van der Waals surface area contributed by atoms with Crippen LogP contribution in [0.25, 0.3) is 0 Å². The molecule has 5 nitrogen and oxygen atoms in total. The van der Waals surface area contributed by atoms with Crippen LogP contribution in [0.15, 0.2) is 46.9 Å². The molecule has 0 aliphatic heterocycles. The van der Waals surface area contributed by atoms with Gasteiger partial charge in [0.05, 0.1) is 7.11 Å². The summed E-state index contributed by atoms with van der Waals surface area (Å²) >= 11 is 3.30. The first-order chi connectivity index (χ1) is 9.58. The molecule has 0 bridgehead atoms. The van der Waals surface area contributed by atoms with Gasteiger partial charge in [0.1, 0.15) is 5.75 Å². The van der Waals surface area contributed by atoms with Gasteiger partial charge in [-0.25, -0.2) is 4.79 Å². The Labute approximate surface area is 125 Å². The minimum absolute atomic E-state index is 0.336. The zero-order chi connectivity index (χ0) is 14.5. The first-order valence-corrected chi connectivity index (χ1v) is 6.65. The fraction of sp³-hybridized carbons (Fsp3) is 0.0714. The van der Waals surface area contributed by atoms with Crippen molar-refractivity contribution in [2.75, 3.05) is 23.5 Å². The van der Waals surface area contributed by atoms with Crippen LogP contribution in [-0.4, -0.2) is 13.1 Å². The monoisotopic (exact) mass is 335 g/mol. The lowest BCUT2D eigenvalue weighted by Gasteiger charge is -2.09. The summed E-state index contributed by atoms with van der Waals surface area (Å²) in [5.41, 5.74) is 7.61. The molecule has 2 amide bonds. The Morgan fingerprint density at radius 2 is 1.70 bits per heavy atom. The van der Waals surface area contributed by atoms with Crippen LogP contribution in [0.3, 0.4) is 0 Å². The lowest BCUT2D eigenvalue weighted by atomic mass is 10.3. The summed E-state index contributed by atoms with van der Waals surface area (Å²) in [6.07, 6.45) is 0. The zero-order valence-corrected chi connectivity index (χ0v) is 12.4. The van der Waals surface area contributed by atoms with E-state index in [0.29, 0.717) is 17.1 Å². The highest BCUT2D eigenvalue weighted by molar-refractivity contribution is 9.10. The van der Waals surface area contributed by atoms with E-state index in [4.69, 9.17) is 10.5 Å². The summed E-state index contributed by atoms with van der Waals surface area (Å²) in [4.78, 5) is 11.8. The number of halogens is 1. The average Bonchev–Trinajstić information content (AvgIpc) is 2.44. The molecule has 0 saturated heterocycles. The number of benzene rings is 2. The van der Waals surface area contributed by atoms with Crippen molar-refractivity contribution in [2.24, 2.45) is 0 Å². The molecular formula is C14H14BrN3O2. The zero-order valence-electron chi connectivity index (χ0n) is 10.8. The van der Waals surface area contributed by atoms with Gasteiger partial charge >= 0.3 is 6.03 Å². The van der Waals surface area contributed by atoms with E-state index in [1.54, 1.807) is 49.6 Å². The van der Waals surface area contributed by atoms with Crippen molar-refractivity contribution in [3.8, 4) is 5.75 Å². The van der Waals surface area contributed by atoms with Crippen LogP contribution in [-0.2, 0) is 0 Å². The number of carbonyl (C=O) groups is 1. The number of ether oxygens (including phenoxy) is 1. The largest absolute Gasteiger partial charge is 0.497 e. The van der Waals surface area contributed by atoms with Crippen molar-refractivity contribution < 1.29 is 9.53 Å². The maximum absolute atomic E-state index is 11.8. The Morgan fingerprint density at radius 1 is 1.10 bits per heavy atom. The summed E-state index contributed by atoms with van der Waals surface area (Å²) in [6.45, 7) is 0. The van der Waals surface area contributed by atoms with Crippen molar-refractivity contribution in [2.45, 2.75) is 0 Å². The van der Waals surface area contributed by atoms with Crippen LogP contribution in [0.5, 0.6) is 5.75 Å². The number of anilines is 3. The molecule has 2 rings (SSSR count). The van der Waals surface area contributed by atoms with Gasteiger partial charge in [-0.05, 0) is 58.4 Å². The maximum Gasteiger partial charge on any atom is 0.323 e. The third-order valence-electron chi connectivity index (χ3n) is 2.60. The third kappa shape index (κ3) is 3.64. The molecule has 0 aliphatic carbocycles. The molecular weight excluding hydrogens is 322 g/mol. The van der Waals surface area contributed by atoms with Crippen LogP contribution >= 0.6 is 15.9 Å². The summed E-state index contributed by atoms with van der Waals surface area (Å²) in [5, 5.41) is 5.42. The second kappa shape index (κ2) is 6.29. The van der Waals surface area contributed by atoms with Crippen LogP contribution < -0.4 is 21.1 Å². The molecule has 0 spiro atoms. The Bertz CT molecular complexity index is 614. The number of nitrogens with two attached hydrogens (primary N) is 1. The van der Waals surface area contributed by atoms with E-state index in [1.165, 1.54) is 0 Å². The SMILES string of the molecule is COc1ccc(NC(=O)Nc2ccc(Br)c(N)c2)cc1. The van der Waals surface area contributed by atoms with Gasteiger partial charge in [-0.15, -0.1) is 0 Å². The van der Waals surface area contributed by atoms with Gasteiger partial charge < -0.3 is 21.1 Å². The van der Waals surface area contributed by atoms with Gasteiger partial charge in [0.15, 0.2) is 0 Å². The predicted molar refractivity (Wildman–Crippen MR) is 84.2 cm³/mol. The summed E-state index contributed by atoms with van der Waals surface area (Å²) in [5.74, 6) is 0.733. The minimum Gasteiger partial charge on any atom is -0.497 e. The maximum atomic E-state index is 11.8. The molecule has 0 radical (unpaired) electrons. The van der Waals surface area contributed by atoms with Crippen molar-refractivity contribution in [1.82, 2.24) is 0 Å². The van der Waals surface area contributed by atoms with E-state index < -0.39 is 0 Å². The second-order valence-corrected chi connectivity index (χ2v) is 4.90. The molecule has 0 atom stereocenters. The minimum atomic E-state index is -0.336. The Hall–Kier alpha value is -2.21. The molecule has 6 heteroatoms. The standard InChI is InChI=1S/C14H14BrN3O2/c1-20-11-5-2-9(3-6-11)17-14(19)18-10-4-7-12(15)13(16)8-10/h2-8H,16H2,1H3,(H2,17,18,19). The number of rotatable bonds is 3. The van der Waals surface area contributed by atoms with Crippen molar-refractivity contribution in [3.05, 3.63) is 46.9 Å². The summed E-state index contributed by atoms with van der Waals surface area (Å²) < 4.78 is 5.84.